The number of ether oxygens (including phenoxy) is 3. The average molecular weight is 340 g/mol. The molecule has 2 fully saturated rings. The first-order chi connectivity index (χ1) is 10.8. The van der Waals surface area contributed by atoms with Crippen LogP contribution in [0.15, 0.2) is 0 Å². The van der Waals surface area contributed by atoms with Crippen molar-refractivity contribution in [1.82, 2.24) is 0 Å². The fourth-order valence-electron chi connectivity index (χ4n) is 2.58. The number of rotatable bonds is 4. The van der Waals surface area contributed by atoms with Gasteiger partial charge in [-0.3, -0.25) is 0 Å². The van der Waals surface area contributed by atoms with Gasteiger partial charge < -0.3 is 56.3 Å². The molecule has 11 heteroatoms. The number of aliphatic hydroxyl groups is 6. The predicted octanol–water partition coefficient (Wildman–Crippen LogP) is -5.46. The molecule has 10 N–H and O–H groups in total. The van der Waals surface area contributed by atoms with E-state index in [0.29, 0.717) is 0 Å². The Labute approximate surface area is 132 Å². The van der Waals surface area contributed by atoms with E-state index >= 15 is 0 Å². The average Bonchev–Trinajstić information content (AvgIpc) is 2.55. The maximum Gasteiger partial charge on any atom is 0.189 e. The normalized spacial score (nSPS) is 51.7. The van der Waals surface area contributed by atoms with E-state index in [9.17, 15) is 30.6 Å². The van der Waals surface area contributed by atoms with Gasteiger partial charge in [-0.1, -0.05) is 0 Å². The molecule has 0 aromatic heterocycles. The van der Waals surface area contributed by atoms with Crippen molar-refractivity contribution >= 4 is 0 Å². The molecule has 2 heterocycles. The summed E-state index contributed by atoms with van der Waals surface area (Å²) in [5.74, 6) is 0. The summed E-state index contributed by atoms with van der Waals surface area (Å²) in [7, 11) is 0. The zero-order valence-corrected chi connectivity index (χ0v) is 12.3. The molecule has 0 aromatic carbocycles. The van der Waals surface area contributed by atoms with E-state index in [1.165, 1.54) is 0 Å². The first-order valence-corrected chi connectivity index (χ1v) is 7.26. The van der Waals surface area contributed by atoms with E-state index in [1.807, 2.05) is 0 Å². The number of nitrogens with two attached hydrogens (primary N) is 2. The van der Waals surface area contributed by atoms with Gasteiger partial charge in [-0.15, -0.1) is 0 Å². The van der Waals surface area contributed by atoms with Gasteiger partial charge in [0.2, 0.25) is 0 Å². The van der Waals surface area contributed by atoms with Gasteiger partial charge in [0, 0.05) is 13.1 Å². The highest BCUT2D eigenvalue weighted by Gasteiger charge is 2.49. The molecule has 0 saturated carbocycles. The van der Waals surface area contributed by atoms with Crippen molar-refractivity contribution in [2.24, 2.45) is 11.5 Å². The molecule has 0 amide bonds. The molecule has 2 aliphatic heterocycles. The van der Waals surface area contributed by atoms with E-state index < -0.39 is 61.4 Å². The summed E-state index contributed by atoms with van der Waals surface area (Å²) in [5, 5.41) is 58.8. The minimum Gasteiger partial charge on any atom is -0.388 e. The largest absolute Gasteiger partial charge is 0.388 e. The van der Waals surface area contributed by atoms with Crippen LogP contribution in [0.5, 0.6) is 0 Å². The maximum atomic E-state index is 9.90. The Kier molecular flexibility index (Phi) is 6.27. The summed E-state index contributed by atoms with van der Waals surface area (Å²) in [6.07, 6.45) is -14.2. The lowest BCUT2D eigenvalue weighted by molar-refractivity contribution is -0.371. The third-order valence-electron chi connectivity index (χ3n) is 4.07. The van der Waals surface area contributed by atoms with E-state index in [2.05, 4.69) is 0 Å². The third-order valence-corrected chi connectivity index (χ3v) is 4.07. The minimum absolute atomic E-state index is 0.147. The smallest absolute Gasteiger partial charge is 0.189 e. The maximum absolute atomic E-state index is 9.90. The van der Waals surface area contributed by atoms with Gasteiger partial charge in [-0.2, -0.15) is 0 Å². The van der Waals surface area contributed by atoms with Crippen molar-refractivity contribution in [2.45, 2.75) is 61.4 Å². The van der Waals surface area contributed by atoms with Crippen molar-refractivity contribution in [1.29, 1.82) is 0 Å². The molecule has 136 valence electrons. The highest BCUT2D eigenvalue weighted by atomic mass is 16.8. The first-order valence-electron chi connectivity index (χ1n) is 7.26. The summed E-state index contributed by atoms with van der Waals surface area (Å²) >= 11 is 0. The van der Waals surface area contributed by atoms with E-state index in [1.54, 1.807) is 0 Å². The molecule has 2 aliphatic rings. The molecule has 0 spiro atoms. The summed E-state index contributed by atoms with van der Waals surface area (Å²) in [5.41, 5.74) is 10.8. The zero-order chi connectivity index (χ0) is 17.3. The quantitative estimate of drug-likeness (QED) is 0.242. The van der Waals surface area contributed by atoms with Crippen LogP contribution in [-0.4, -0.2) is 105 Å². The lowest BCUT2D eigenvalue weighted by Gasteiger charge is -2.44. The van der Waals surface area contributed by atoms with Crippen LogP contribution in [0.2, 0.25) is 0 Å². The van der Waals surface area contributed by atoms with Crippen molar-refractivity contribution in [3.63, 3.8) is 0 Å². The SMILES string of the molecule is NCC1O[C@H](O[C@H]2OC(CN)[C@@H](O)C(O)C2O)C(O)C(O)[C@@H]1O. The Morgan fingerprint density at radius 2 is 0.957 bits per heavy atom. The molecular formula is C12H24N2O9. The topological polar surface area (TPSA) is 201 Å². The Balaban J connectivity index is 2.07. The lowest BCUT2D eigenvalue weighted by Crippen LogP contribution is -2.64. The zero-order valence-electron chi connectivity index (χ0n) is 12.3. The van der Waals surface area contributed by atoms with Crippen LogP contribution in [0.4, 0.5) is 0 Å². The van der Waals surface area contributed by atoms with Crippen LogP contribution < -0.4 is 11.5 Å². The van der Waals surface area contributed by atoms with Crippen LogP contribution in [0.1, 0.15) is 0 Å². The van der Waals surface area contributed by atoms with Crippen molar-refractivity contribution in [3.8, 4) is 0 Å². The van der Waals surface area contributed by atoms with Gasteiger partial charge in [-0.25, -0.2) is 0 Å². The molecule has 0 aromatic rings. The standard InChI is InChI=1S/C12H24N2O9/c13-1-3-5(15)7(17)9(19)11(21-3)23-12-10(20)8(18)6(16)4(2-14)22-12/h3-12,15-20H,1-2,13-14H2/t3?,4?,5-,6-,7?,8?,9?,10?,11-,12-/m1/s1. The minimum atomic E-state index is -1.64. The van der Waals surface area contributed by atoms with Gasteiger partial charge in [0.05, 0.1) is 0 Å². The van der Waals surface area contributed by atoms with Gasteiger partial charge in [-0.05, 0) is 0 Å². The molecule has 2 saturated heterocycles. The first kappa shape index (κ1) is 18.9. The van der Waals surface area contributed by atoms with E-state index in [0.717, 1.165) is 0 Å². The van der Waals surface area contributed by atoms with Crippen LogP contribution in [-0.2, 0) is 14.2 Å². The van der Waals surface area contributed by atoms with Gasteiger partial charge in [0.1, 0.15) is 48.8 Å². The number of hydrogen-bond donors (Lipinski definition) is 8. The number of aliphatic hydroxyl groups excluding tert-OH is 6. The Hall–Kier alpha value is -0.440. The highest BCUT2D eigenvalue weighted by Crippen LogP contribution is 2.27. The summed E-state index contributed by atoms with van der Waals surface area (Å²) < 4.78 is 15.7. The molecule has 0 bridgehead atoms. The number of hydrogen-bond acceptors (Lipinski definition) is 11. The fraction of sp³-hybridized carbons (Fsp3) is 1.00. The van der Waals surface area contributed by atoms with Crippen LogP contribution >= 0.6 is 0 Å². The van der Waals surface area contributed by atoms with Gasteiger partial charge in [0.15, 0.2) is 12.6 Å². The van der Waals surface area contributed by atoms with Crippen molar-refractivity contribution < 1.29 is 44.8 Å². The van der Waals surface area contributed by atoms with Crippen LogP contribution in [0, 0.1) is 0 Å². The molecular weight excluding hydrogens is 316 g/mol. The van der Waals surface area contributed by atoms with Crippen LogP contribution in [0.3, 0.4) is 0 Å². The highest BCUT2D eigenvalue weighted by molar-refractivity contribution is 4.92. The molecule has 0 aliphatic carbocycles. The monoisotopic (exact) mass is 340 g/mol. The molecule has 10 atom stereocenters. The molecule has 6 unspecified atom stereocenters. The Bertz CT molecular complexity index is 352. The molecule has 23 heavy (non-hydrogen) atoms. The second-order valence-electron chi connectivity index (χ2n) is 5.64. The van der Waals surface area contributed by atoms with Crippen molar-refractivity contribution in [3.05, 3.63) is 0 Å². The molecule has 0 radical (unpaired) electrons. The van der Waals surface area contributed by atoms with Gasteiger partial charge in [0.25, 0.3) is 0 Å². The van der Waals surface area contributed by atoms with Gasteiger partial charge >= 0.3 is 0 Å². The third kappa shape index (κ3) is 3.65. The predicted molar refractivity (Wildman–Crippen MR) is 72.6 cm³/mol. The second-order valence-corrected chi connectivity index (χ2v) is 5.64. The van der Waals surface area contributed by atoms with E-state index in [-0.39, 0.29) is 13.1 Å². The second kappa shape index (κ2) is 7.63. The molecule has 2 rings (SSSR count). The van der Waals surface area contributed by atoms with E-state index in [4.69, 9.17) is 25.7 Å². The Morgan fingerprint density at radius 3 is 1.26 bits per heavy atom. The molecule has 11 nitrogen and oxygen atoms in total. The fourth-order valence-corrected chi connectivity index (χ4v) is 2.58. The van der Waals surface area contributed by atoms with Crippen molar-refractivity contribution in [2.75, 3.05) is 13.1 Å². The summed E-state index contributed by atoms with van der Waals surface area (Å²) in [4.78, 5) is 0. The Morgan fingerprint density at radius 1 is 0.609 bits per heavy atom. The van der Waals surface area contributed by atoms with Crippen LogP contribution in [0.25, 0.3) is 0 Å². The summed E-state index contributed by atoms with van der Waals surface area (Å²) in [6.45, 7) is -0.294. The lowest BCUT2D eigenvalue weighted by atomic mass is 9.98. The summed E-state index contributed by atoms with van der Waals surface area (Å²) in [6, 6.07) is 0.